The van der Waals surface area contributed by atoms with E-state index in [1.807, 2.05) is 42.5 Å². The van der Waals surface area contributed by atoms with Crippen LogP contribution in [0, 0.1) is 17.8 Å². The summed E-state index contributed by atoms with van der Waals surface area (Å²) in [5.74, 6) is -3.20. The van der Waals surface area contributed by atoms with Crippen molar-refractivity contribution in [3.63, 3.8) is 0 Å². The van der Waals surface area contributed by atoms with Crippen LogP contribution in [-0.2, 0) is 23.6 Å². The van der Waals surface area contributed by atoms with Crippen LogP contribution in [0.2, 0.25) is 0 Å². The second-order valence-electron chi connectivity index (χ2n) is 9.01. The van der Waals surface area contributed by atoms with Gasteiger partial charge in [-0.15, -0.1) is 0 Å². The molecule has 6 nitrogen and oxygen atoms in total. The van der Waals surface area contributed by atoms with Crippen molar-refractivity contribution < 1.29 is 23.6 Å². The van der Waals surface area contributed by atoms with E-state index in [1.165, 1.54) is 0 Å². The molecule has 0 amide bonds. The van der Waals surface area contributed by atoms with Gasteiger partial charge >= 0.3 is 200 Å². The zero-order chi connectivity index (χ0) is 24.3. The molecule has 33 heavy (non-hydrogen) atoms. The van der Waals surface area contributed by atoms with Crippen molar-refractivity contribution in [2.24, 2.45) is 17.8 Å². The monoisotopic (exact) mass is 558 g/mol. The Kier molecular flexibility index (Phi) is 7.67. The molecule has 0 radical (unpaired) electrons. The van der Waals surface area contributed by atoms with Gasteiger partial charge in [0.05, 0.1) is 0 Å². The molecule has 0 fully saturated rings. The van der Waals surface area contributed by atoms with Gasteiger partial charge in [-0.2, -0.15) is 0 Å². The number of rotatable bonds is 7. The van der Waals surface area contributed by atoms with E-state index < -0.39 is 55.3 Å². The fraction of sp³-hybridized carbons (Fsp3) is 0.346. The summed E-state index contributed by atoms with van der Waals surface area (Å²) in [6.45, 7) is 10.1. The minimum atomic E-state index is -5.37. The molecule has 3 aromatic rings. The molecule has 0 atom stereocenters. The Balaban J connectivity index is 2.32. The van der Waals surface area contributed by atoms with Gasteiger partial charge in [0, 0.05) is 0 Å². The van der Waals surface area contributed by atoms with E-state index in [4.69, 9.17) is 9.22 Å². The van der Waals surface area contributed by atoms with Gasteiger partial charge in [-0.3, -0.25) is 0 Å². The first-order valence-electron chi connectivity index (χ1n) is 11.1. The average Bonchev–Trinajstić information content (AvgIpc) is 2.76. The number of fused-ring (bicyclic) bond motifs is 2. The fourth-order valence-corrected chi connectivity index (χ4v) is 11.2. The third kappa shape index (κ3) is 5.49. The van der Waals surface area contributed by atoms with Gasteiger partial charge in [-0.25, -0.2) is 0 Å². The molecule has 0 aliphatic carbocycles. The van der Waals surface area contributed by atoms with E-state index in [0.717, 1.165) is 21.5 Å². The van der Waals surface area contributed by atoms with Gasteiger partial charge in [0.2, 0.25) is 0 Å². The van der Waals surface area contributed by atoms with E-state index in [1.54, 1.807) is 53.7 Å². The van der Waals surface area contributed by atoms with Crippen LogP contribution in [0.15, 0.2) is 54.6 Å². The molecule has 0 aromatic heterocycles. The van der Waals surface area contributed by atoms with E-state index in [0.29, 0.717) is 3.58 Å². The molecular weight excluding hydrogens is 527 g/mol. The van der Waals surface area contributed by atoms with Crippen LogP contribution in [0.25, 0.3) is 21.5 Å². The van der Waals surface area contributed by atoms with E-state index >= 15 is 0 Å². The Morgan fingerprint density at radius 3 is 1.48 bits per heavy atom. The Morgan fingerprint density at radius 2 is 1.03 bits per heavy atom. The van der Waals surface area contributed by atoms with Crippen LogP contribution in [-0.4, -0.2) is 37.5 Å². The summed E-state index contributed by atoms with van der Waals surface area (Å²) in [5.41, 5.74) is 0. The predicted octanol–water partition coefficient (Wildman–Crippen LogP) is 4.74. The number of carbonyl (C=O) groups excluding carboxylic acids is 3. The molecule has 7 heteroatoms. The van der Waals surface area contributed by atoms with Crippen molar-refractivity contribution in [2.45, 2.75) is 41.5 Å². The first-order chi connectivity index (χ1) is 15.5. The third-order valence-electron chi connectivity index (χ3n) is 5.20. The molecule has 0 bridgehead atoms. The van der Waals surface area contributed by atoms with Crippen LogP contribution in [0.5, 0.6) is 0 Å². The van der Waals surface area contributed by atoms with Crippen molar-refractivity contribution in [3.8, 4) is 0 Å². The Bertz CT molecular complexity index is 1140. The summed E-state index contributed by atoms with van der Waals surface area (Å²) in [5, 5.41) is 3.62. The van der Waals surface area contributed by atoms with Crippen LogP contribution in [0.4, 0.5) is 0 Å². The van der Waals surface area contributed by atoms with Gasteiger partial charge < -0.3 is 0 Å². The molecule has 0 unspecified atom stereocenters. The number of hydrogen-bond donors (Lipinski definition) is 0. The summed E-state index contributed by atoms with van der Waals surface area (Å²) in [6, 6.07) is 17.3. The van der Waals surface area contributed by atoms with E-state index in [-0.39, 0.29) is 0 Å². The van der Waals surface area contributed by atoms with Gasteiger partial charge in [0.25, 0.3) is 0 Å². The minimum absolute atomic E-state index is 0.476. The van der Waals surface area contributed by atoms with E-state index in [9.17, 15) is 14.4 Å². The van der Waals surface area contributed by atoms with Crippen LogP contribution in [0.3, 0.4) is 0 Å². The molecular formula is C26H30O6Sn. The summed E-state index contributed by atoms with van der Waals surface area (Å²) in [6.07, 6.45) is 0. The normalized spacial score (nSPS) is 11.9. The molecule has 174 valence electrons. The topological polar surface area (TPSA) is 78.9 Å². The number of hydrogen-bond acceptors (Lipinski definition) is 6. The number of benzene rings is 3. The second-order valence-corrected chi connectivity index (χ2v) is 15.5. The van der Waals surface area contributed by atoms with Crippen molar-refractivity contribution in [3.05, 3.63) is 54.6 Å². The quantitative estimate of drug-likeness (QED) is 0.309. The zero-order valence-electron chi connectivity index (χ0n) is 19.9. The van der Waals surface area contributed by atoms with Crippen molar-refractivity contribution in [1.29, 1.82) is 0 Å². The summed E-state index contributed by atoms with van der Waals surface area (Å²) in [4.78, 5) is 38.5. The van der Waals surface area contributed by atoms with E-state index in [2.05, 4.69) is 0 Å². The van der Waals surface area contributed by atoms with Crippen molar-refractivity contribution >= 4 is 62.7 Å². The van der Waals surface area contributed by atoms with Gasteiger partial charge in [-0.05, 0) is 0 Å². The van der Waals surface area contributed by atoms with Crippen LogP contribution >= 0.6 is 0 Å². The molecule has 0 N–H and O–H groups in total. The van der Waals surface area contributed by atoms with Gasteiger partial charge in [0.1, 0.15) is 0 Å². The van der Waals surface area contributed by atoms with Gasteiger partial charge in [-0.1, -0.05) is 0 Å². The predicted molar refractivity (Wildman–Crippen MR) is 130 cm³/mol. The molecule has 0 heterocycles. The molecule has 0 aliphatic rings. The summed E-state index contributed by atoms with van der Waals surface area (Å²) in [7, 11) is 0. The first kappa shape index (κ1) is 25.0. The van der Waals surface area contributed by atoms with Crippen LogP contribution in [0.1, 0.15) is 41.5 Å². The van der Waals surface area contributed by atoms with Crippen molar-refractivity contribution in [1.82, 2.24) is 0 Å². The third-order valence-corrected chi connectivity index (χ3v) is 12.3. The van der Waals surface area contributed by atoms with Crippen LogP contribution < -0.4 is 3.58 Å². The molecule has 3 rings (SSSR count). The number of carbonyl (C=O) groups is 3. The molecule has 3 aromatic carbocycles. The summed E-state index contributed by atoms with van der Waals surface area (Å²) < 4.78 is 18.3. The molecule has 0 saturated heterocycles. The maximum atomic E-state index is 12.8. The Morgan fingerprint density at radius 1 is 0.606 bits per heavy atom. The molecule has 0 aliphatic heterocycles. The van der Waals surface area contributed by atoms with Gasteiger partial charge in [0.15, 0.2) is 0 Å². The first-order valence-corrected chi connectivity index (χ1v) is 16.1. The Labute approximate surface area is 199 Å². The zero-order valence-corrected chi connectivity index (χ0v) is 22.7. The summed E-state index contributed by atoms with van der Waals surface area (Å²) >= 11 is -5.37. The second kappa shape index (κ2) is 10.1. The Hall–Kier alpha value is -2.61. The SMILES string of the molecule is CC(C)C(=O)[O][Sn]([O]C(=O)C(C)C)([O]C(=O)C(C)C)[c]1cccc2cc3ccccc3cc12. The standard InChI is InChI=1S/C14H9.3C4H8O2.Sn/c1-2-6-12-10-14-8-4-3-7-13(14)9-11(12)5-1;3*1-3(2)4(5)6;/h1-7,9-10H;3*3H,1-2H3,(H,5,6);/q;;;;+3/p-3. The van der Waals surface area contributed by atoms with Crippen molar-refractivity contribution in [2.75, 3.05) is 0 Å². The molecule has 0 saturated carbocycles. The fourth-order valence-electron chi connectivity index (χ4n) is 3.21. The maximum absolute atomic E-state index is 12.8. The average molecular weight is 557 g/mol. The molecule has 0 spiro atoms.